The van der Waals surface area contributed by atoms with Crippen molar-refractivity contribution in [2.45, 2.75) is 30.4 Å². The Kier molecular flexibility index (Phi) is 5.95. The van der Waals surface area contributed by atoms with Crippen LogP contribution in [0.1, 0.15) is 25.2 Å². The zero-order valence-corrected chi connectivity index (χ0v) is 13.8. The number of aliphatic hydroxyl groups is 1. The monoisotopic (exact) mass is 336 g/mol. The molecule has 0 aliphatic heterocycles. The van der Waals surface area contributed by atoms with Gasteiger partial charge in [-0.1, -0.05) is 0 Å². The Morgan fingerprint density at radius 2 is 2.00 bits per heavy atom. The summed E-state index contributed by atoms with van der Waals surface area (Å²) in [6.45, 7) is 1.80. The van der Waals surface area contributed by atoms with Crippen molar-refractivity contribution in [2.24, 2.45) is 0 Å². The molecule has 0 aliphatic rings. The number of urea groups is 1. The number of nitrogens with one attached hydrogen (secondary N) is 2. The van der Waals surface area contributed by atoms with Crippen molar-refractivity contribution in [3.05, 3.63) is 48.4 Å². The van der Waals surface area contributed by atoms with Crippen LogP contribution in [0.5, 0.6) is 0 Å². The molecule has 0 fully saturated rings. The Morgan fingerprint density at radius 3 is 2.57 bits per heavy atom. The molecule has 124 valence electrons. The van der Waals surface area contributed by atoms with Crippen molar-refractivity contribution in [1.29, 1.82) is 0 Å². The van der Waals surface area contributed by atoms with Gasteiger partial charge in [0.15, 0.2) is 0 Å². The predicted octanol–water partition coefficient (Wildman–Crippen LogP) is 2.65. The predicted molar refractivity (Wildman–Crippen MR) is 88.7 cm³/mol. The first-order chi connectivity index (χ1) is 11.0. The van der Waals surface area contributed by atoms with E-state index in [1.807, 2.05) is 0 Å². The second-order valence-corrected chi connectivity index (χ2v) is 6.62. The van der Waals surface area contributed by atoms with Crippen LogP contribution in [0.25, 0.3) is 0 Å². The Bertz CT molecular complexity index is 655. The van der Waals surface area contributed by atoms with Gasteiger partial charge in [-0.25, -0.2) is 4.79 Å². The van der Waals surface area contributed by atoms with Crippen LogP contribution in [0.2, 0.25) is 0 Å². The Balaban J connectivity index is 1.82. The molecule has 1 aromatic heterocycles. The summed E-state index contributed by atoms with van der Waals surface area (Å²) >= 11 is 0. The van der Waals surface area contributed by atoms with Crippen LogP contribution < -0.4 is 10.6 Å². The first kappa shape index (κ1) is 17.2. The van der Waals surface area contributed by atoms with Gasteiger partial charge in [0.1, 0.15) is 11.9 Å². The van der Waals surface area contributed by atoms with Gasteiger partial charge in [-0.3, -0.25) is 4.21 Å². The van der Waals surface area contributed by atoms with Gasteiger partial charge in [0.05, 0.1) is 6.26 Å². The molecule has 2 rings (SSSR count). The van der Waals surface area contributed by atoms with E-state index in [0.29, 0.717) is 22.8 Å². The van der Waals surface area contributed by atoms with Crippen LogP contribution in [0.15, 0.2) is 52.0 Å². The summed E-state index contributed by atoms with van der Waals surface area (Å²) in [5.41, 5.74) is 0.607. The molecule has 6 nitrogen and oxygen atoms in total. The summed E-state index contributed by atoms with van der Waals surface area (Å²) in [5.74, 6) is 0.474. The van der Waals surface area contributed by atoms with Crippen LogP contribution in [-0.4, -0.2) is 27.6 Å². The number of hydrogen-bond acceptors (Lipinski definition) is 4. The number of rotatable bonds is 6. The lowest BCUT2D eigenvalue weighted by molar-refractivity contribution is 0.130. The van der Waals surface area contributed by atoms with Crippen LogP contribution in [0.4, 0.5) is 10.5 Å². The quantitative estimate of drug-likeness (QED) is 0.756. The SMILES string of the molecule is CC(CC(O)c1ccco1)NC(=O)Nc1ccc(S(C)=O)cc1. The normalized spacial score (nSPS) is 14.7. The Morgan fingerprint density at radius 1 is 1.30 bits per heavy atom. The minimum Gasteiger partial charge on any atom is -0.467 e. The number of furan rings is 1. The number of anilines is 1. The fraction of sp³-hybridized carbons (Fsp3) is 0.312. The third-order valence-corrected chi connectivity index (χ3v) is 4.21. The van der Waals surface area contributed by atoms with Gasteiger partial charge in [-0.2, -0.15) is 0 Å². The van der Waals surface area contributed by atoms with Gasteiger partial charge in [0.2, 0.25) is 0 Å². The lowest BCUT2D eigenvalue weighted by Crippen LogP contribution is -2.37. The number of amides is 2. The highest BCUT2D eigenvalue weighted by Crippen LogP contribution is 2.18. The van der Waals surface area contributed by atoms with E-state index in [2.05, 4.69) is 10.6 Å². The van der Waals surface area contributed by atoms with Crippen LogP contribution >= 0.6 is 0 Å². The average molecular weight is 336 g/mol. The van der Waals surface area contributed by atoms with Gasteiger partial charge in [0, 0.05) is 40.1 Å². The van der Waals surface area contributed by atoms with Crippen LogP contribution in [0, 0.1) is 0 Å². The van der Waals surface area contributed by atoms with E-state index in [-0.39, 0.29) is 12.1 Å². The number of hydrogen-bond donors (Lipinski definition) is 3. The lowest BCUT2D eigenvalue weighted by atomic mass is 10.1. The average Bonchev–Trinajstić information content (AvgIpc) is 3.01. The molecular formula is C16H20N2O4S. The van der Waals surface area contributed by atoms with Gasteiger partial charge >= 0.3 is 6.03 Å². The van der Waals surface area contributed by atoms with Gasteiger partial charge in [0.25, 0.3) is 0 Å². The minimum absolute atomic E-state index is 0.238. The molecule has 3 atom stereocenters. The highest BCUT2D eigenvalue weighted by Gasteiger charge is 2.16. The van der Waals surface area contributed by atoms with Crippen LogP contribution in [-0.2, 0) is 10.8 Å². The smallest absolute Gasteiger partial charge is 0.319 e. The lowest BCUT2D eigenvalue weighted by Gasteiger charge is -2.17. The number of carbonyl (C=O) groups excluding carboxylic acids is 1. The van der Waals surface area contributed by atoms with E-state index in [0.717, 1.165) is 0 Å². The van der Waals surface area contributed by atoms with Gasteiger partial charge in [-0.15, -0.1) is 0 Å². The van der Waals surface area contributed by atoms with Gasteiger partial charge < -0.3 is 20.2 Å². The summed E-state index contributed by atoms with van der Waals surface area (Å²) in [4.78, 5) is 12.6. The fourth-order valence-corrected chi connectivity index (χ4v) is 2.63. The highest BCUT2D eigenvalue weighted by molar-refractivity contribution is 7.84. The first-order valence-corrected chi connectivity index (χ1v) is 8.74. The number of benzene rings is 1. The fourth-order valence-electron chi connectivity index (χ4n) is 2.11. The molecule has 2 amide bonds. The number of carbonyl (C=O) groups is 1. The topological polar surface area (TPSA) is 91.6 Å². The molecule has 0 bridgehead atoms. The summed E-state index contributed by atoms with van der Waals surface area (Å²) < 4.78 is 16.4. The van der Waals surface area contributed by atoms with Crippen LogP contribution in [0.3, 0.4) is 0 Å². The summed E-state index contributed by atoms with van der Waals surface area (Å²) in [6, 6.07) is 9.59. The molecule has 3 unspecified atom stereocenters. The van der Waals surface area contributed by atoms with Crippen molar-refractivity contribution >= 4 is 22.5 Å². The zero-order valence-electron chi connectivity index (χ0n) is 13.0. The molecule has 0 radical (unpaired) electrons. The second kappa shape index (κ2) is 7.94. The molecule has 3 N–H and O–H groups in total. The third kappa shape index (κ3) is 5.22. The van der Waals surface area contributed by atoms with E-state index in [1.165, 1.54) is 6.26 Å². The van der Waals surface area contributed by atoms with E-state index < -0.39 is 16.9 Å². The van der Waals surface area contributed by atoms with E-state index in [1.54, 1.807) is 49.6 Å². The molecule has 0 spiro atoms. The molecule has 1 aromatic carbocycles. The molecule has 0 aliphatic carbocycles. The third-order valence-electron chi connectivity index (χ3n) is 3.27. The van der Waals surface area contributed by atoms with E-state index >= 15 is 0 Å². The molecule has 1 heterocycles. The largest absolute Gasteiger partial charge is 0.467 e. The minimum atomic E-state index is -1.05. The van der Waals surface area contributed by atoms with Crippen molar-refractivity contribution in [3.63, 3.8) is 0 Å². The molecule has 7 heteroatoms. The molecular weight excluding hydrogens is 316 g/mol. The van der Waals surface area contributed by atoms with Crippen molar-refractivity contribution in [3.8, 4) is 0 Å². The standard InChI is InChI=1S/C16H20N2O4S/c1-11(10-14(19)15-4-3-9-22-15)17-16(20)18-12-5-7-13(8-6-12)23(2)21/h3-9,11,14,19H,10H2,1-2H3,(H2,17,18,20). The zero-order chi connectivity index (χ0) is 16.8. The Hall–Kier alpha value is -2.12. The molecule has 0 saturated carbocycles. The van der Waals surface area contributed by atoms with Gasteiger partial charge in [-0.05, 0) is 43.3 Å². The maximum atomic E-state index is 11.9. The number of aliphatic hydroxyl groups excluding tert-OH is 1. The van der Waals surface area contributed by atoms with Crippen molar-refractivity contribution in [1.82, 2.24) is 5.32 Å². The maximum absolute atomic E-state index is 11.9. The summed E-state index contributed by atoms with van der Waals surface area (Å²) in [6.07, 6.45) is 2.67. The summed E-state index contributed by atoms with van der Waals surface area (Å²) in [7, 11) is -1.05. The highest BCUT2D eigenvalue weighted by atomic mass is 32.2. The van der Waals surface area contributed by atoms with E-state index in [4.69, 9.17) is 4.42 Å². The first-order valence-electron chi connectivity index (χ1n) is 7.18. The van der Waals surface area contributed by atoms with E-state index in [9.17, 15) is 14.1 Å². The molecule has 0 saturated heterocycles. The summed E-state index contributed by atoms with van der Waals surface area (Å²) in [5, 5.41) is 15.4. The Labute approximate surface area is 137 Å². The second-order valence-electron chi connectivity index (χ2n) is 5.24. The molecule has 23 heavy (non-hydrogen) atoms. The van der Waals surface area contributed by atoms with Crippen molar-refractivity contribution in [2.75, 3.05) is 11.6 Å². The molecule has 2 aromatic rings. The maximum Gasteiger partial charge on any atom is 0.319 e. The van der Waals surface area contributed by atoms with Crippen molar-refractivity contribution < 1.29 is 18.5 Å².